The second-order valence-electron chi connectivity index (χ2n) is 8.28. The summed E-state index contributed by atoms with van der Waals surface area (Å²) in [5, 5.41) is 13.1. The molecule has 2 aliphatic rings. The van der Waals surface area contributed by atoms with Crippen molar-refractivity contribution in [2.45, 2.75) is 44.6 Å². The lowest BCUT2D eigenvalue weighted by Gasteiger charge is -2.39. The highest BCUT2D eigenvalue weighted by molar-refractivity contribution is 5.99. The van der Waals surface area contributed by atoms with Gasteiger partial charge in [-0.25, -0.2) is 0 Å². The Morgan fingerprint density at radius 2 is 2.13 bits per heavy atom. The monoisotopic (exact) mass is 421 g/mol. The van der Waals surface area contributed by atoms with Crippen molar-refractivity contribution in [3.8, 4) is 0 Å². The second-order valence-corrected chi connectivity index (χ2v) is 8.28. The maximum atomic E-state index is 13.1. The third-order valence-corrected chi connectivity index (χ3v) is 6.21. The van der Waals surface area contributed by atoms with Crippen LogP contribution in [0.3, 0.4) is 0 Å². The number of nitrogens with zero attached hydrogens (tertiary/aromatic N) is 2. The fourth-order valence-corrected chi connectivity index (χ4v) is 4.70. The zero-order chi connectivity index (χ0) is 21.6. The molecule has 0 saturated heterocycles. The topological polar surface area (TPSA) is 57.5 Å². The molecule has 0 spiro atoms. The van der Waals surface area contributed by atoms with Gasteiger partial charge < -0.3 is 15.0 Å². The number of aromatic nitrogens is 1. The van der Waals surface area contributed by atoms with Crippen LogP contribution in [0.5, 0.6) is 0 Å². The van der Waals surface area contributed by atoms with Crippen LogP contribution in [0.2, 0.25) is 0 Å². The van der Waals surface area contributed by atoms with Gasteiger partial charge in [0.15, 0.2) is 0 Å². The molecule has 0 fully saturated rings. The number of amides is 1. The fourth-order valence-electron chi connectivity index (χ4n) is 4.70. The second kappa shape index (κ2) is 7.74. The van der Waals surface area contributed by atoms with Gasteiger partial charge in [-0.3, -0.25) is 9.69 Å². The van der Waals surface area contributed by atoms with Crippen molar-refractivity contribution in [2.24, 2.45) is 5.92 Å². The minimum absolute atomic E-state index is 0.0219. The third kappa shape index (κ3) is 3.74. The zero-order valence-electron chi connectivity index (χ0n) is 17.0. The number of carbonyl (C=O) groups is 1. The van der Waals surface area contributed by atoms with Crippen molar-refractivity contribution >= 4 is 22.4 Å². The van der Waals surface area contributed by atoms with E-state index in [1.54, 1.807) is 18.3 Å². The molecule has 8 heteroatoms. The molecule has 0 radical (unpaired) electrons. The van der Waals surface area contributed by atoms with E-state index in [1.165, 1.54) is 4.57 Å². The molecule has 3 unspecified atom stereocenters. The van der Waals surface area contributed by atoms with Crippen LogP contribution in [0, 0.1) is 5.92 Å². The summed E-state index contributed by atoms with van der Waals surface area (Å²) in [7, 11) is 1.94. The van der Waals surface area contributed by atoms with E-state index < -0.39 is 12.7 Å². The van der Waals surface area contributed by atoms with E-state index in [4.69, 9.17) is 0 Å². The lowest BCUT2D eigenvalue weighted by atomic mass is 9.80. The standard InChI is InChI=1S/C22H26F3N3O2/c1-3-15(11-29)26-21(30)14-7-17-16-5-4-6-18-20(16)13(8-19(17)27(2)9-14)10-28(18)12-22(23,24)25/h4-7,10,14-15,19,29H,3,8-9,11-12H2,1-2H3,(H,26,30). The van der Waals surface area contributed by atoms with E-state index in [-0.39, 0.29) is 30.5 Å². The van der Waals surface area contributed by atoms with Gasteiger partial charge >= 0.3 is 6.18 Å². The molecule has 4 rings (SSSR count). The van der Waals surface area contributed by atoms with Crippen LogP contribution in [0.1, 0.15) is 24.5 Å². The van der Waals surface area contributed by atoms with Gasteiger partial charge in [0.25, 0.3) is 0 Å². The average Bonchev–Trinajstić information content (AvgIpc) is 3.03. The van der Waals surface area contributed by atoms with Gasteiger partial charge in [0.05, 0.1) is 18.6 Å². The van der Waals surface area contributed by atoms with Crippen LogP contribution in [0.25, 0.3) is 16.5 Å². The van der Waals surface area contributed by atoms with Crippen LogP contribution < -0.4 is 5.32 Å². The number of fused-ring (bicyclic) bond motifs is 2. The lowest BCUT2D eigenvalue weighted by molar-refractivity contribution is -0.139. The number of carbonyl (C=O) groups excluding carboxylic acids is 1. The number of alkyl halides is 3. The number of benzene rings is 1. The zero-order valence-corrected chi connectivity index (χ0v) is 17.0. The number of halogens is 3. The van der Waals surface area contributed by atoms with Crippen molar-refractivity contribution in [3.05, 3.63) is 41.6 Å². The Balaban J connectivity index is 1.74. The Bertz CT molecular complexity index is 991. The van der Waals surface area contributed by atoms with Gasteiger partial charge in [-0.15, -0.1) is 0 Å². The molecule has 2 N–H and O–H groups in total. The third-order valence-electron chi connectivity index (χ3n) is 6.21. The van der Waals surface area contributed by atoms with Crippen molar-refractivity contribution in [3.63, 3.8) is 0 Å². The Hall–Kier alpha value is -2.32. The maximum Gasteiger partial charge on any atom is 0.406 e. The summed E-state index contributed by atoms with van der Waals surface area (Å²) >= 11 is 0. The van der Waals surface area contributed by atoms with Gasteiger partial charge in [0.1, 0.15) is 6.54 Å². The summed E-state index contributed by atoms with van der Waals surface area (Å²) in [4.78, 5) is 14.9. The summed E-state index contributed by atoms with van der Waals surface area (Å²) in [6, 6.07) is 5.17. The molecule has 1 aliphatic carbocycles. The Morgan fingerprint density at radius 3 is 2.80 bits per heavy atom. The number of nitrogens with one attached hydrogen (secondary N) is 1. The van der Waals surface area contributed by atoms with E-state index in [0.29, 0.717) is 24.9 Å². The van der Waals surface area contributed by atoms with Crippen LogP contribution in [-0.4, -0.2) is 58.9 Å². The van der Waals surface area contributed by atoms with Crippen molar-refractivity contribution in [2.75, 3.05) is 20.2 Å². The summed E-state index contributed by atoms with van der Waals surface area (Å²) in [5.74, 6) is -0.516. The number of aliphatic hydroxyl groups is 1. The molecule has 0 saturated carbocycles. The number of likely N-dealkylation sites (N-methyl/N-ethyl adjacent to an activating group) is 1. The summed E-state index contributed by atoms with van der Waals surface area (Å²) < 4.78 is 40.5. The normalized spacial score (nSPS) is 22.5. The van der Waals surface area contributed by atoms with E-state index >= 15 is 0 Å². The number of aliphatic hydroxyl groups excluding tert-OH is 1. The number of hydrogen-bond acceptors (Lipinski definition) is 3. The first-order valence-corrected chi connectivity index (χ1v) is 10.2. The lowest BCUT2D eigenvalue weighted by Crippen LogP contribution is -2.48. The SMILES string of the molecule is CCC(CO)NC(=O)C1C=C2c3cccc4c3c(cn4CC(F)(F)F)CC2N(C)C1. The van der Waals surface area contributed by atoms with E-state index in [0.717, 1.165) is 22.1 Å². The highest BCUT2D eigenvalue weighted by Crippen LogP contribution is 2.42. The van der Waals surface area contributed by atoms with Gasteiger partial charge in [0.2, 0.25) is 5.91 Å². The van der Waals surface area contributed by atoms with Crippen LogP contribution in [0.15, 0.2) is 30.5 Å². The van der Waals surface area contributed by atoms with Gasteiger partial charge in [0, 0.05) is 29.7 Å². The van der Waals surface area contributed by atoms with Crippen LogP contribution in [-0.2, 0) is 17.8 Å². The molecule has 1 aromatic carbocycles. The van der Waals surface area contributed by atoms with E-state index in [1.807, 2.05) is 26.1 Å². The van der Waals surface area contributed by atoms with Crippen molar-refractivity contribution in [1.82, 2.24) is 14.8 Å². The average molecular weight is 421 g/mol. The van der Waals surface area contributed by atoms with E-state index in [9.17, 15) is 23.1 Å². The highest BCUT2D eigenvalue weighted by atomic mass is 19.4. The molecular weight excluding hydrogens is 395 g/mol. The molecule has 0 bridgehead atoms. The molecule has 5 nitrogen and oxygen atoms in total. The van der Waals surface area contributed by atoms with Crippen molar-refractivity contribution in [1.29, 1.82) is 0 Å². The Kier molecular flexibility index (Phi) is 5.40. The number of rotatable bonds is 5. The van der Waals surface area contributed by atoms with E-state index in [2.05, 4.69) is 10.2 Å². The van der Waals surface area contributed by atoms with Crippen LogP contribution in [0.4, 0.5) is 13.2 Å². The molecule has 30 heavy (non-hydrogen) atoms. The largest absolute Gasteiger partial charge is 0.406 e. The molecule has 2 aromatic rings. The van der Waals surface area contributed by atoms with Crippen LogP contribution >= 0.6 is 0 Å². The van der Waals surface area contributed by atoms with Gasteiger partial charge in [-0.2, -0.15) is 13.2 Å². The van der Waals surface area contributed by atoms with Gasteiger partial charge in [-0.1, -0.05) is 25.1 Å². The minimum atomic E-state index is -4.29. The summed E-state index contributed by atoms with van der Waals surface area (Å²) in [6.07, 6.45) is 0.547. The summed E-state index contributed by atoms with van der Waals surface area (Å²) in [6.45, 7) is 1.30. The summed E-state index contributed by atoms with van der Waals surface area (Å²) in [5.41, 5.74) is 3.37. The Labute approximate surface area is 173 Å². The molecule has 1 amide bonds. The maximum absolute atomic E-state index is 13.1. The predicted molar refractivity (Wildman–Crippen MR) is 109 cm³/mol. The molecule has 162 valence electrons. The molecule has 1 aromatic heterocycles. The van der Waals surface area contributed by atoms with Crippen molar-refractivity contribution < 1.29 is 23.1 Å². The molecular formula is C22H26F3N3O2. The van der Waals surface area contributed by atoms with Gasteiger partial charge in [-0.05, 0) is 42.7 Å². The minimum Gasteiger partial charge on any atom is -0.394 e. The molecule has 1 aliphatic heterocycles. The quantitative estimate of drug-likeness (QED) is 0.781. The molecule has 3 atom stereocenters. The predicted octanol–water partition coefficient (Wildman–Crippen LogP) is 2.96. The first kappa shape index (κ1) is 20.9. The molecule has 2 heterocycles. The first-order valence-electron chi connectivity index (χ1n) is 10.2. The number of hydrogen-bond donors (Lipinski definition) is 2. The first-order chi connectivity index (χ1) is 14.2. The Morgan fingerprint density at radius 1 is 1.37 bits per heavy atom. The fraction of sp³-hybridized carbons (Fsp3) is 0.500. The smallest absolute Gasteiger partial charge is 0.394 e. The highest BCUT2D eigenvalue weighted by Gasteiger charge is 2.37.